The van der Waals surface area contributed by atoms with E-state index in [4.69, 9.17) is 5.73 Å². The topological polar surface area (TPSA) is 26.0 Å². The van der Waals surface area contributed by atoms with Gasteiger partial charge in [-0.2, -0.15) is 0 Å². The molecule has 0 aromatic heterocycles. The van der Waals surface area contributed by atoms with Gasteiger partial charge in [-0.3, -0.25) is 0 Å². The van der Waals surface area contributed by atoms with Crippen LogP contribution in [0.5, 0.6) is 0 Å². The highest BCUT2D eigenvalue weighted by atomic mass is 19.1. The molecule has 2 heteroatoms. The standard InChI is InChI=1S/C13H11FN/c14-13-8-11(6-7-12(13)9-15)10-4-2-1-3-5-10/h1-2,4-8H,9,15H2. The summed E-state index contributed by atoms with van der Waals surface area (Å²) < 4.78 is 13.4. The summed E-state index contributed by atoms with van der Waals surface area (Å²) in [4.78, 5) is 0. The highest BCUT2D eigenvalue weighted by Gasteiger charge is 2.02. The molecule has 0 saturated heterocycles. The summed E-state index contributed by atoms with van der Waals surface area (Å²) in [5, 5.41) is 0. The molecule has 2 aromatic rings. The maximum absolute atomic E-state index is 13.4. The highest BCUT2D eigenvalue weighted by Crippen LogP contribution is 2.21. The van der Waals surface area contributed by atoms with Gasteiger partial charge in [-0.05, 0) is 29.3 Å². The molecule has 2 rings (SSSR count). The van der Waals surface area contributed by atoms with Gasteiger partial charge in [-0.1, -0.05) is 30.3 Å². The second-order valence-corrected chi connectivity index (χ2v) is 3.30. The van der Waals surface area contributed by atoms with Crippen molar-refractivity contribution in [1.29, 1.82) is 0 Å². The molecule has 0 spiro atoms. The monoisotopic (exact) mass is 200 g/mol. The highest BCUT2D eigenvalue weighted by molar-refractivity contribution is 5.63. The first-order valence-corrected chi connectivity index (χ1v) is 4.76. The fraction of sp³-hybridized carbons (Fsp3) is 0.0769. The summed E-state index contributed by atoms with van der Waals surface area (Å²) >= 11 is 0. The summed E-state index contributed by atoms with van der Waals surface area (Å²) in [5.41, 5.74) is 7.74. The van der Waals surface area contributed by atoms with Crippen molar-refractivity contribution in [2.45, 2.75) is 6.54 Å². The minimum Gasteiger partial charge on any atom is -0.326 e. The third-order valence-corrected chi connectivity index (χ3v) is 2.31. The molecule has 1 radical (unpaired) electrons. The van der Waals surface area contributed by atoms with E-state index in [9.17, 15) is 4.39 Å². The van der Waals surface area contributed by atoms with E-state index >= 15 is 0 Å². The maximum atomic E-state index is 13.4. The van der Waals surface area contributed by atoms with Crippen LogP contribution >= 0.6 is 0 Å². The second kappa shape index (κ2) is 4.24. The Bertz CT molecular complexity index is 451. The first kappa shape index (κ1) is 9.87. The zero-order chi connectivity index (χ0) is 10.7. The Balaban J connectivity index is 2.43. The number of nitrogens with two attached hydrogens (primary N) is 1. The summed E-state index contributed by atoms with van der Waals surface area (Å²) in [6.07, 6.45) is 0. The fourth-order valence-electron chi connectivity index (χ4n) is 1.47. The molecule has 2 aromatic carbocycles. The van der Waals surface area contributed by atoms with Crippen molar-refractivity contribution in [3.05, 3.63) is 59.9 Å². The van der Waals surface area contributed by atoms with Crippen molar-refractivity contribution in [3.63, 3.8) is 0 Å². The van der Waals surface area contributed by atoms with E-state index < -0.39 is 0 Å². The van der Waals surface area contributed by atoms with Crippen LogP contribution in [0.3, 0.4) is 0 Å². The fourth-order valence-corrected chi connectivity index (χ4v) is 1.47. The molecule has 0 atom stereocenters. The van der Waals surface area contributed by atoms with Gasteiger partial charge in [0, 0.05) is 12.1 Å². The quantitative estimate of drug-likeness (QED) is 0.792. The van der Waals surface area contributed by atoms with E-state index in [1.165, 1.54) is 6.07 Å². The molecule has 0 fully saturated rings. The lowest BCUT2D eigenvalue weighted by atomic mass is 10.0. The lowest BCUT2D eigenvalue weighted by Crippen LogP contribution is -1.99. The Morgan fingerprint density at radius 3 is 2.67 bits per heavy atom. The van der Waals surface area contributed by atoms with Gasteiger partial charge in [0.25, 0.3) is 0 Å². The Hall–Kier alpha value is -1.67. The molecular weight excluding hydrogens is 189 g/mol. The van der Waals surface area contributed by atoms with Gasteiger partial charge in [-0.15, -0.1) is 0 Å². The van der Waals surface area contributed by atoms with E-state index in [-0.39, 0.29) is 12.4 Å². The van der Waals surface area contributed by atoms with E-state index in [2.05, 4.69) is 6.07 Å². The SMILES string of the molecule is NCc1ccc(-c2c[c]ccc2)cc1F. The smallest absolute Gasteiger partial charge is 0.128 e. The van der Waals surface area contributed by atoms with Gasteiger partial charge < -0.3 is 5.73 Å². The predicted octanol–water partition coefficient (Wildman–Crippen LogP) is 2.75. The van der Waals surface area contributed by atoms with Crippen molar-refractivity contribution in [3.8, 4) is 11.1 Å². The van der Waals surface area contributed by atoms with Gasteiger partial charge in [0.15, 0.2) is 0 Å². The van der Waals surface area contributed by atoms with E-state index in [1.54, 1.807) is 6.07 Å². The van der Waals surface area contributed by atoms with Crippen LogP contribution in [0.25, 0.3) is 11.1 Å². The van der Waals surface area contributed by atoms with Gasteiger partial charge in [0.05, 0.1) is 0 Å². The van der Waals surface area contributed by atoms with E-state index in [0.717, 1.165) is 11.1 Å². The zero-order valence-electron chi connectivity index (χ0n) is 8.20. The number of benzene rings is 2. The summed E-state index contributed by atoms with van der Waals surface area (Å²) in [6.45, 7) is 0.229. The van der Waals surface area contributed by atoms with Gasteiger partial charge in [-0.25, -0.2) is 4.39 Å². The van der Waals surface area contributed by atoms with Crippen molar-refractivity contribution in [1.82, 2.24) is 0 Å². The van der Waals surface area contributed by atoms with Crippen LogP contribution in [0.4, 0.5) is 4.39 Å². The molecule has 1 nitrogen and oxygen atoms in total. The normalized spacial score (nSPS) is 10.3. The molecule has 0 amide bonds. The van der Waals surface area contributed by atoms with Crippen LogP contribution in [-0.4, -0.2) is 0 Å². The Labute approximate surface area is 88.4 Å². The van der Waals surface area contributed by atoms with Gasteiger partial charge in [0.2, 0.25) is 0 Å². The number of hydrogen-bond acceptors (Lipinski definition) is 1. The van der Waals surface area contributed by atoms with Crippen molar-refractivity contribution < 1.29 is 4.39 Å². The third-order valence-electron chi connectivity index (χ3n) is 2.31. The molecule has 0 aliphatic rings. The third kappa shape index (κ3) is 2.05. The van der Waals surface area contributed by atoms with Crippen molar-refractivity contribution in [2.75, 3.05) is 0 Å². The molecule has 0 heterocycles. The first-order valence-electron chi connectivity index (χ1n) is 4.76. The van der Waals surface area contributed by atoms with Crippen LogP contribution in [0.15, 0.2) is 42.5 Å². The lowest BCUT2D eigenvalue weighted by Gasteiger charge is -2.04. The van der Waals surface area contributed by atoms with Crippen LogP contribution in [-0.2, 0) is 6.54 Å². The molecule has 15 heavy (non-hydrogen) atoms. The predicted molar refractivity (Wildman–Crippen MR) is 58.6 cm³/mol. The second-order valence-electron chi connectivity index (χ2n) is 3.30. The van der Waals surface area contributed by atoms with Crippen LogP contribution in [0.2, 0.25) is 0 Å². The first-order chi connectivity index (χ1) is 7.31. The van der Waals surface area contributed by atoms with Crippen LogP contribution in [0.1, 0.15) is 5.56 Å². The summed E-state index contributed by atoms with van der Waals surface area (Å²) in [7, 11) is 0. The number of rotatable bonds is 2. The average molecular weight is 200 g/mol. The Morgan fingerprint density at radius 1 is 1.20 bits per heavy atom. The minimum atomic E-state index is -0.251. The minimum absolute atomic E-state index is 0.229. The maximum Gasteiger partial charge on any atom is 0.128 e. The molecule has 0 saturated carbocycles. The molecule has 0 aliphatic carbocycles. The van der Waals surface area contributed by atoms with Crippen LogP contribution in [0, 0.1) is 11.9 Å². The Morgan fingerprint density at radius 2 is 2.07 bits per heavy atom. The van der Waals surface area contributed by atoms with E-state index in [1.807, 2.05) is 30.3 Å². The molecule has 0 unspecified atom stereocenters. The summed E-state index contributed by atoms with van der Waals surface area (Å²) in [5.74, 6) is -0.251. The zero-order valence-corrected chi connectivity index (χ0v) is 8.20. The van der Waals surface area contributed by atoms with Gasteiger partial charge >= 0.3 is 0 Å². The molecule has 0 aliphatic heterocycles. The van der Waals surface area contributed by atoms with Gasteiger partial charge in [0.1, 0.15) is 5.82 Å². The van der Waals surface area contributed by atoms with E-state index in [0.29, 0.717) is 5.56 Å². The van der Waals surface area contributed by atoms with Crippen molar-refractivity contribution in [2.24, 2.45) is 5.73 Å². The van der Waals surface area contributed by atoms with Crippen molar-refractivity contribution >= 4 is 0 Å². The average Bonchev–Trinajstić information content (AvgIpc) is 2.30. The molecular formula is C13H11FN. The Kier molecular flexibility index (Phi) is 2.79. The van der Waals surface area contributed by atoms with Crippen LogP contribution < -0.4 is 5.73 Å². The lowest BCUT2D eigenvalue weighted by molar-refractivity contribution is 0.611. The number of hydrogen-bond donors (Lipinski definition) is 1. The molecule has 75 valence electrons. The number of halogens is 1. The summed E-state index contributed by atoms with van der Waals surface area (Å²) in [6, 6.07) is 15.5. The molecule has 0 bridgehead atoms. The molecule has 2 N–H and O–H groups in total. The largest absolute Gasteiger partial charge is 0.326 e.